The number of carbonyl (C=O) groups is 3. The van der Waals surface area contributed by atoms with E-state index in [0.29, 0.717) is 18.7 Å². The maximum absolute atomic E-state index is 12.4. The topological polar surface area (TPSA) is 90.5 Å². The van der Waals surface area contributed by atoms with Crippen LogP contribution in [0.1, 0.15) is 42.6 Å². The summed E-state index contributed by atoms with van der Waals surface area (Å²) in [7, 11) is 0. The molecule has 1 aromatic carbocycles. The molecule has 1 heterocycles. The second kappa shape index (κ2) is 9.33. The molecule has 7 heteroatoms. The highest BCUT2D eigenvalue weighted by Gasteiger charge is 2.23. The van der Waals surface area contributed by atoms with Gasteiger partial charge in [-0.05, 0) is 45.2 Å². The Bertz CT molecular complexity index is 652. The molecule has 0 aliphatic carbocycles. The number of benzene rings is 1. The number of hydrogen-bond acceptors (Lipinski definition) is 4. The summed E-state index contributed by atoms with van der Waals surface area (Å²) < 4.78 is 0. The standard InChI is InChI=1S/C19H28N4O3/c1-13(2)20-19(26)22-17(24)12-23-10-8-15(9-11-23)21-18(25)16-7-5-4-6-14(16)3/h4-7,13,15H,8-12H2,1-3H3,(H,21,25)(H2,20,22,24,26). The number of likely N-dealkylation sites (tertiary alicyclic amines) is 1. The van der Waals surface area contributed by atoms with Crippen LogP contribution in [0.5, 0.6) is 0 Å². The van der Waals surface area contributed by atoms with Crippen LogP contribution in [0, 0.1) is 6.92 Å². The van der Waals surface area contributed by atoms with Crippen LogP contribution >= 0.6 is 0 Å². The van der Waals surface area contributed by atoms with Crippen LogP contribution in [0.3, 0.4) is 0 Å². The summed E-state index contributed by atoms with van der Waals surface area (Å²) in [6.07, 6.45) is 1.56. The van der Waals surface area contributed by atoms with Crippen LogP contribution < -0.4 is 16.0 Å². The maximum atomic E-state index is 12.4. The zero-order valence-electron chi connectivity index (χ0n) is 15.7. The molecule has 4 amide bonds. The van der Waals surface area contributed by atoms with Gasteiger partial charge in [-0.25, -0.2) is 4.79 Å². The van der Waals surface area contributed by atoms with Crippen molar-refractivity contribution in [2.24, 2.45) is 0 Å². The minimum Gasteiger partial charge on any atom is -0.349 e. The fourth-order valence-electron chi connectivity index (χ4n) is 2.99. The number of rotatable bonds is 5. The van der Waals surface area contributed by atoms with Crippen LogP contribution in [-0.4, -0.2) is 54.5 Å². The summed E-state index contributed by atoms with van der Waals surface area (Å²) in [5.41, 5.74) is 1.66. The van der Waals surface area contributed by atoms with E-state index in [2.05, 4.69) is 16.0 Å². The number of aryl methyl sites for hydroxylation is 1. The van der Waals surface area contributed by atoms with Gasteiger partial charge in [-0.1, -0.05) is 18.2 Å². The Morgan fingerprint density at radius 1 is 1.15 bits per heavy atom. The van der Waals surface area contributed by atoms with Gasteiger partial charge in [-0.15, -0.1) is 0 Å². The summed E-state index contributed by atoms with van der Waals surface area (Å²) in [5.74, 6) is -0.366. The Balaban J connectivity index is 1.73. The first kappa shape index (κ1) is 19.9. The molecule has 0 aromatic heterocycles. The first-order valence-electron chi connectivity index (χ1n) is 9.04. The van der Waals surface area contributed by atoms with Gasteiger partial charge in [0.2, 0.25) is 5.91 Å². The third-order valence-electron chi connectivity index (χ3n) is 4.35. The third kappa shape index (κ3) is 6.15. The smallest absolute Gasteiger partial charge is 0.321 e. The lowest BCUT2D eigenvalue weighted by atomic mass is 10.0. The molecule has 0 bridgehead atoms. The van der Waals surface area contributed by atoms with Crippen molar-refractivity contribution in [1.82, 2.24) is 20.9 Å². The Hall–Kier alpha value is -2.41. The highest BCUT2D eigenvalue weighted by atomic mass is 16.2. The van der Waals surface area contributed by atoms with Crippen LogP contribution in [-0.2, 0) is 4.79 Å². The van der Waals surface area contributed by atoms with Crippen molar-refractivity contribution >= 4 is 17.8 Å². The molecule has 2 rings (SSSR count). The van der Waals surface area contributed by atoms with E-state index in [0.717, 1.165) is 18.4 Å². The molecule has 7 nitrogen and oxygen atoms in total. The number of piperidine rings is 1. The van der Waals surface area contributed by atoms with E-state index < -0.39 is 6.03 Å². The lowest BCUT2D eigenvalue weighted by Gasteiger charge is -2.31. The summed E-state index contributed by atoms with van der Waals surface area (Å²) in [6.45, 7) is 7.19. The molecule has 0 spiro atoms. The average Bonchev–Trinajstić information content (AvgIpc) is 2.56. The fourth-order valence-corrected chi connectivity index (χ4v) is 2.99. The van der Waals surface area contributed by atoms with Gasteiger partial charge in [-0.3, -0.25) is 19.8 Å². The van der Waals surface area contributed by atoms with Gasteiger partial charge in [0.05, 0.1) is 6.54 Å². The van der Waals surface area contributed by atoms with Crippen molar-refractivity contribution in [2.45, 2.75) is 45.7 Å². The van der Waals surface area contributed by atoms with Gasteiger partial charge in [0.25, 0.3) is 5.91 Å². The predicted molar refractivity (Wildman–Crippen MR) is 99.9 cm³/mol. The third-order valence-corrected chi connectivity index (χ3v) is 4.35. The Labute approximate surface area is 154 Å². The number of nitrogens with zero attached hydrogens (tertiary/aromatic N) is 1. The van der Waals surface area contributed by atoms with Gasteiger partial charge in [0.15, 0.2) is 0 Å². The second-order valence-electron chi connectivity index (χ2n) is 7.02. The summed E-state index contributed by atoms with van der Waals surface area (Å²) in [6, 6.07) is 7.14. The first-order valence-corrected chi connectivity index (χ1v) is 9.04. The van der Waals surface area contributed by atoms with Gasteiger partial charge in [0, 0.05) is 30.7 Å². The normalized spacial score (nSPS) is 15.5. The molecule has 26 heavy (non-hydrogen) atoms. The van der Waals surface area contributed by atoms with E-state index in [1.807, 2.05) is 49.9 Å². The van der Waals surface area contributed by atoms with E-state index in [1.54, 1.807) is 0 Å². The van der Waals surface area contributed by atoms with Crippen molar-refractivity contribution in [3.05, 3.63) is 35.4 Å². The molecular formula is C19H28N4O3. The summed E-state index contributed by atoms with van der Waals surface area (Å²) in [5, 5.41) is 8.03. The average molecular weight is 360 g/mol. The van der Waals surface area contributed by atoms with Crippen LogP contribution in [0.25, 0.3) is 0 Å². The van der Waals surface area contributed by atoms with Crippen LogP contribution in [0.4, 0.5) is 4.79 Å². The molecule has 142 valence electrons. The number of amides is 4. The molecule has 0 radical (unpaired) electrons. The SMILES string of the molecule is Cc1ccccc1C(=O)NC1CCN(CC(=O)NC(=O)NC(C)C)CC1. The zero-order valence-corrected chi connectivity index (χ0v) is 15.7. The number of hydrogen-bond donors (Lipinski definition) is 3. The van der Waals surface area contributed by atoms with Crippen molar-refractivity contribution in [1.29, 1.82) is 0 Å². The van der Waals surface area contributed by atoms with E-state index >= 15 is 0 Å². The molecule has 1 saturated heterocycles. The molecule has 0 saturated carbocycles. The Morgan fingerprint density at radius 3 is 2.42 bits per heavy atom. The quantitative estimate of drug-likeness (QED) is 0.741. The summed E-state index contributed by atoms with van der Waals surface area (Å²) in [4.78, 5) is 37.8. The lowest BCUT2D eigenvalue weighted by Crippen LogP contribution is -2.50. The Kier molecular flexibility index (Phi) is 7.15. The van der Waals surface area contributed by atoms with Crippen LogP contribution in [0.15, 0.2) is 24.3 Å². The van der Waals surface area contributed by atoms with E-state index in [9.17, 15) is 14.4 Å². The van der Waals surface area contributed by atoms with Crippen molar-refractivity contribution in [3.8, 4) is 0 Å². The Morgan fingerprint density at radius 2 is 1.81 bits per heavy atom. The predicted octanol–water partition coefficient (Wildman–Crippen LogP) is 1.42. The van der Waals surface area contributed by atoms with Crippen molar-refractivity contribution < 1.29 is 14.4 Å². The molecule has 0 atom stereocenters. The summed E-state index contributed by atoms with van der Waals surface area (Å²) >= 11 is 0. The van der Waals surface area contributed by atoms with E-state index in [4.69, 9.17) is 0 Å². The number of nitrogens with one attached hydrogen (secondary N) is 3. The molecule has 3 N–H and O–H groups in total. The highest BCUT2D eigenvalue weighted by molar-refractivity contribution is 5.96. The molecule has 1 fully saturated rings. The minimum absolute atomic E-state index is 0.0181. The fraction of sp³-hybridized carbons (Fsp3) is 0.526. The van der Waals surface area contributed by atoms with Crippen molar-refractivity contribution in [3.63, 3.8) is 0 Å². The molecule has 1 aliphatic rings. The van der Waals surface area contributed by atoms with Crippen LogP contribution in [0.2, 0.25) is 0 Å². The van der Waals surface area contributed by atoms with Gasteiger partial charge < -0.3 is 10.6 Å². The number of urea groups is 1. The van der Waals surface area contributed by atoms with Gasteiger partial charge in [0.1, 0.15) is 0 Å². The molecule has 1 aromatic rings. The second-order valence-corrected chi connectivity index (χ2v) is 7.02. The van der Waals surface area contributed by atoms with Gasteiger partial charge >= 0.3 is 6.03 Å². The monoisotopic (exact) mass is 360 g/mol. The molecular weight excluding hydrogens is 332 g/mol. The number of carbonyl (C=O) groups excluding carboxylic acids is 3. The first-order chi connectivity index (χ1) is 12.3. The molecule has 1 aliphatic heterocycles. The largest absolute Gasteiger partial charge is 0.349 e. The van der Waals surface area contributed by atoms with Crippen molar-refractivity contribution in [2.75, 3.05) is 19.6 Å². The number of imide groups is 1. The van der Waals surface area contributed by atoms with Gasteiger partial charge in [-0.2, -0.15) is 0 Å². The van der Waals surface area contributed by atoms with E-state index in [1.165, 1.54) is 0 Å². The zero-order chi connectivity index (χ0) is 19.1. The maximum Gasteiger partial charge on any atom is 0.321 e. The minimum atomic E-state index is -0.467. The highest BCUT2D eigenvalue weighted by Crippen LogP contribution is 2.12. The van der Waals surface area contributed by atoms with E-state index in [-0.39, 0.29) is 30.4 Å². The molecule has 0 unspecified atom stereocenters. The lowest BCUT2D eigenvalue weighted by molar-refractivity contribution is -0.121.